The average Bonchev–Trinajstić information content (AvgIpc) is 3.19. The monoisotopic (exact) mass is 436 g/mol. The third-order valence-corrected chi connectivity index (χ3v) is 4.95. The number of carbonyl (C=O) groups is 1. The van der Waals surface area contributed by atoms with Crippen LogP contribution in [0.1, 0.15) is 13.8 Å². The largest absolute Gasteiger partial charge is 0.497 e. The molecule has 0 aliphatic heterocycles. The number of nitrogens with one attached hydrogen (secondary N) is 1. The van der Waals surface area contributed by atoms with Gasteiger partial charge in [-0.2, -0.15) is 0 Å². The number of hydrogen-bond acceptors (Lipinski definition) is 5. The van der Waals surface area contributed by atoms with Crippen LogP contribution in [0.4, 0.5) is 5.69 Å². The quantitative estimate of drug-likeness (QED) is 0.404. The van der Waals surface area contributed by atoms with Gasteiger partial charge in [0.05, 0.1) is 7.11 Å². The normalized spacial score (nSPS) is 11.4. The lowest BCUT2D eigenvalue weighted by molar-refractivity contribution is -0.128. The van der Waals surface area contributed by atoms with Crippen molar-refractivity contribution in [2.75, 3.05) is 12.4 Å². The van der Waals surface area contributed by atoms with Gasteiger partial charge in [0.2, 0.25) is 5.89 Å². The number of fused-ring (bicyclic) bond motifs is 1. The minimum absolute atomic E-state index is 0.293. The summed E-state index contributed by atoms with van der Waals surface area (Å²) >= 11 is 5.90. The first-order valence-electron chi connectivity index (χ1n) is 9.65. The molecule has 1 N–H and O–H groups in total. The first kappa shape index (κ1) is 20.8. The number of rotatable bonds is 6. The summed E-state index contributed by atoms with van der Waals surface area (Å²) in [5.74, 6) is 1.46. The summed E-state index contributed by atoms with van der Waals surface area (Å²) in [6, 6.07) is 19.6. The Balaban J connectivity index is 1.52. The van der Waals surface area contributed by atoms with Crippen LogP contribution in [0.25, 0.3) is 22.6 Å². The van der Waals surface area contributed by atoms with E-state index in [-0.39, 0.29) is 5.91 Å². The number of carbonyl (C=O) groups excluding carboxylic acids is 1. The highest BCUT2D eigenvalue weighted by molar-refractivity contribution is 6.30. The zero-order chi connectivity index (χ0) is 22.0. The van der Waals surface area contributed by atoms with E-state index >= 15 is 0 Å². The summed E-state index contributed by atoms with van der Waals surface area (Å²) in [5.41, 5.74) is 1.55. The molecular weight excluding hydrogens is 416 g/mol. The van der Waals surface area contributed by atoms with Crippen molar-refractivity contribution in [1.82, 2.24) is 4.98 Å². The average molecular weight is 437 g/mol. The van der Waals surface area contributed by atoms with Gasteiger partial charge in [-0.3, -0.25) is 4.79 Å². The molecule has 1 amide bonds. The van der Waals surface area contributed by atoms with Crippen molar-refractivity contribution in [1.29, 1.82) is 0 Å². The Morgan fingerprint density at radius 1 is 1.03 bits per heavy atom. The van der Waals surface area contributed by atoms with Crippen molar-refractivity contribution in [3.63, 3.8) is 0 Å². The lowest BCUT2D eigenvalue weighted by Gasteiger charge is -2.25. The molecule has 0 bridgehead atoms. The van der Waals surface area contributed by atoms with Gasteiger partial charge in [0.15, 0.2) is 11.2 Å². The number of halogens is 1. The number of ether oxygens (including phenoxy) is 2. The van der Waals surface area contributed by atoms with Gasteiger partial charge in [-0.25, -0.2) is 4.98 Å². The van der Waals surface area contributed by atoms with E-state index in [4.69, 9.17) is 25.5 Å². The van der Waals surface area contributed by atoms with Crippen LogP contribution >= 0.6 is 11.6 Å². The molecule has 4 aromatic rings. The van der Waals surface area contributed by atoms with E-state index in [1.807, 2.05) is 24.3 Å². The Morgan fingerprint density at radius 2 is 1.81 bits per heavy atom. The van der Waals surface area contributed by atoms with Crippen LogP contribution in [0.2, 0.25) is 5.02 Å². The third kappa shape index (κ3) is 4.64. The Labute approximate surface area is 184 Å². The maximum absolute atomic E-state index is 12.8. The van der Waals surface area contributed by atoms with Gasteiger partial charge in [-0.15, -0.1) is 0 Å². The van der Waals surface area contributed by atoms with E-state index in [1.165, 1.54) is 0 Å². The molecule has 7 heteroatoms. The molecule has 0 atom stereocenters. The molecule has 0 aliphatic carbocycles. The second-order valence-electron chi connectivity index (χ2n) is 7.45. The van der Waals surface area contributed by atoms with E-state index in [0.29, 0.717) is 33.4 Å². The summed E-state index contributed by atoms with van der Waals surface area (Å²) in [5, 5.41) is 3.48. The summed E-state index contributed by atoms with van der Waals surface area (Å²) in [4.78, 5) is 17.4. The topological polar surface area (TPSA) is 73.6 Å². The zero-order valence-corrected chi connectivity index (χ0v) is 18.1. The Morgan fingerprint density at radius 3 is 2.55 bits per heavy atom. The third-order valence-electron chi connectivity index (χ3n) is 4.70. The summed E-state index contributed by atoms with van der Waals surface area (Å²) < 4.78 is 17.0. The minimum Gasteiger partial charge on any atom is -0.497 e. The van der Waals surface area contributed by atoms with Gasteiger partial charge >= 0.3 is 0 Å². The molecule has 31 heavy (non-hydrogen) atoms. The van der Waals surface area contributed by atoms with Gasteiger partial charge < -0.3 is 19.2 Å². The molecule has 158 valence electrons. The number of hydrogen-bond donors (Lipinski definition) is 1. The second-order valence-corrected chi connectivity index (χ2v) is 7.89. The first-order chi connectivity index (χ1) is 14.8. The number of nitrogens with zero attached hydrogens (tertiary/aromatic N) is 1. The van der Waals surface area contributed by atoms with Crippen molar-refractivity contribution in [3.05, 3.63) is 71.8 Å². The van der Waals surface area contributed by atoms with Crippen molar-refractivity contribution in [2.24, 2.45) is 0 Å². The number of oxazole rings is 1. The fourth-order valence-corrected chi connectivity index (χ4v) is 3.14. The molecule has 0 aliphatic rings. The number of methoxy groups -OCH3 is 1. The Hall–Kier alpha value is -3.51. The molecule has 0 radical (unpaired) electrons. The molecule has 1 heterocycles. The summed E-state index contributed by atoms with van der Waals surface area (Å²) in [7, 11) is 1.61. The molecule has 6 nitrogen and oxygen atoms in total. The summed E-state index contributed by atoms with van der Waals surface area (Å²) in [6.45, 7) is 3.40. The summed E-state index contributed by atoms with van der Waals surface area (Å²) in [6.07, 6.45) is 0. The van der Waals surface area contributed by atoms with Gasteiger partial charge in [0, 0.05) is 16.3 Å². The lowest BCUT2D eigenvalue weighted by atomic mass is 10.1. The number of amides is 1. The fraction of sp³-hybridized carbons (Fsp3) is 0.167. The second kappa shape index (κ2) is 8.32. The van der Waals surface area contributed by atoms with Gasteiger partial charge in [-0.1, -0.05) is 17.7 Å². The highest BCUT2D eigenvalue weighted by atomic mass is 35.5. The van der Waals surface area contributed by atoms with E-state index < -0.39 is 5.60 Å². The van der Waals surface area contributed by atoms with E-state index in [9.17, 15) is 4.79 Å². The van der Waals surface area contributed by atoms with Crippen molar-refractivity contribution in [2.45, 2.75) is 19.4 Å². The molecule has 3 aromatic carbocycles. The molecule has 4 rings (SSSR count). The highest BCUT2D eigenvalue weighted by Crippen LogP contribution is 2.29. The molecule has 1 aromatic heterocycles. The van der Waals surface area contributed by atoms with Crippen LogP contribution in [0.15, 0.2) is 71.1 Å². The maximum atomic E-state index is 12.8. The lowest BCUT2D eigenvalue weighted by Crippen LogP contribution is -2.42. The maximum Gasteiger partial charge on any atom is 0.267 e. The van der Waals surface area contributed by atoms with Crippen molar-refractivity contribution in [3.8, 4) is 23.0 Å². The van der Waals surface area contributed by atoms with Crippen LogP contribution in [-0.4, -0.2) is 23.6 Å². The van der Waals surface area contributed by atoms with Crippen LogP contribution in [-0.2, 0) is 4.79 Å². The molecule has 0 saturated carbocycles. The smallest absolute Gasteiger partial charge is 0.267 e. The van der Waals surface area contributed by atoms with Gasteiger partial charge in [0.25, 0.3) is 5.91 Å². The van der Waals surface area contributed by atoms with Crippen LogP contribution in [0.5, 0.6) is 11.5 Å². The van der Waals surface area contributed by atoms with E-state index in [1.54, 1.807) is 63.4 Å². The number of anilines is 1. The van der Waals surface area contributed by atoms with Crippen LogP contribution < -0.4 is 14.8 Å². The Kier molecular flexibility index (Phi) is 5.57. The van der Waals surface area contributed by atoms with Crippen molar-refractivity contribution >= 4 is 34.3 Å². The Bertz CT molecular complexity index is 1230. The molecule has 0 saturated heterocycles. The first-order valence-corrected chi connectivity index (χ1v) is 10.0. The van der Waals surface area contributed by atoms with Gasteiger partial charge in [-0.05, 0) is 74.5 Å². The molecular formula is C24H21ClN2O4. The number of aromatic nitrogens is 1. The fourth-order valence-electron chi connectivity index (χ4n) is 3.01. The van der Waals surface area contributed by atoms with Gasteiger partial charge in [0.1, 0.15) is 17.0 Å². The van der Waals surface area contributed by atoms with Crippen molar-refractivity contribution < 1.29 is 18.7 Å². The van der Waals surface area contributed by atoms with E-state index in [0.717, 1.165) is 11.3 Å². The van der Waals surface area contributed by atoms with Crippen LogP contribution in [0, 0.1) is 0 Å². The molecule has 0 fully saturated rings. The standard InChI is InChI=1S/C24H21ClN2O4/c1-24(2,31-18-10-7-16(25)8-11-18)23(28)26-17-9-12-21-20(14-17)27-22(30-21)15-5-4-6-19(13-15)29-3/h4-14H,1-3H3,(H,26,28). The molecule has 0 spiro atoms. The predicted molar refractivity (Wildman–Crippen MR) is 121 cm³/mol. The zero-order valence-electron chi connectivity index (χ0n) is 17.3. The minimum atomic E-state index is -1.10. The number of benzene rings is 3. The highest BCUT2D eigenvalue weighted by Gasteiger charge is 2.30. The van der Waals surface area contributed by atoms with Crippen LogP contribution in [0.3, 0.4) is 0 Å². The molecule has 0 unspecified atom stereocenters. The SMILES string of the molecule is COc1cccc(-c2nc3cc(NC(=O)C(C)(C)Oc4ccc(Cl)cc4)ccc3o2)c1. The van der Waals surface area contributed by atoms with E-state index in [2.05, 4.69) is 10.3 Å². The predicted octanol–water partition coefficient (Wildman–Crippen LogP) is 5.95.